The summed E-state index contributed by atoms with van der Waals surface area (Å²) in [5, 5.41) is 11.5. The normalized spacial score (nSPS) is 13.3. The maximum atomic E-state index is 13.4. The Morgan fingerprint density at radius 1 is 0.933 bits per heavy atom. The van der Waals surface area contributed by atoms with E-state index in [-0.39, 0.29) is 18.1 Å². The zero-order valence-electron chi connectivity index (χ0n) is 15.6. The van der Waals surface area contributed by atoms with E-state index >= 15 is 0 Å². The summed E-state index contributed by atoms with van der Waals surface area (Å²) in [6.07, 6.45) is -0.992. The van der Waals surface area contributed by atoms with Crippen molar-refractivity contribution in [1.29, 1.82) is 0 Å². The summed E-state index contributed by atoms with van der Waals surface area (Å²) in [5.41, 5.74) is 3.90. The number of rotatable bonds is 5. The van der Waals surface area contributed by atoms with Gasteiger partial charge in [-0.3, -0.25) is 0 Å². The third kappa shape index (κ3) is 3.74. The highest BCUT2D eigenvalue weighted by Gasteiger charge is 2.30. The quantitative estimate of drug-likeness (QED) is 0.644. The van der Waals surface area contributed by atoms with Gasteiger partial charge in [-0.15, -0.1) is 0 Å². The van der Waals surface area contributed by atoms with Gasteiger partial charge < -0.3 is 15.2 Å². The summed E-state index contributed by atoms with van der Waals surface area (Å²) in [7, 11) is 0. The number of halogens is 2. The molecule has 0 fully saturated rings. The van der Waals surface area contributed by atoms with E-state index in [1.807, 2.05) is 48.5 Å². The second-order valence-corrected chi connectivity index (χ2v) is 6.94. The first-order chi connectivity index (χ1) is 14.4. The monoisotopic (exact) mass is 409 g/mol. The minimum atomic E-state index is -1.65. The lowest BCUT2D eigenvalue weighted by Crippen LogP contribution is -2.35. The van der Waals surface area contributed by atoms with Gasteiger partial charge in [0.1, 0.15) is 18.2 Å². The summed E-state index contributed by atoms with van der Waals surface area (Å²) in [6.45, 7) is -0.0102. The summed E-state index contributed by atoms with van der Waals surface area (Å²) in [4.78, 5) is 23.8. The van der Waals surface area contributed by atoms with Gasteiger partial charge in [0, 0.05) is 12.0 Å². The van der Waals surface area contributed by atoms with Crippen molar-refractivity contribution in [3.8, 4) is 11.1 Å². The lowest BCUT2D eigenvalue weighted by atomic mass is 9.98. The van der Waals surface area contributed by atoms with Crippen LogP contribution in [0.4, 0.5) is 13.6 Å². The van der Waals surface area contributed by atoms with Crippen LogP contribution in [-0.2, 0) is 9.53 Å². The predicted octanol–water partition coefficient (Wildman–Crippen LogP) is 4.63. The zero-order chi connectivity index (χ0) is 21.3. The lowest BCUT2D eigenvalue weighted by molar-refractivity contribution is -0.139. The number of fused-ring (bicyclic) bond motifs is 3. The molecule has 2 N–H and O–H groups in total. The van der Waals surface area contributed by atoms with Crippen LogP contribution >= 0.6 is 0 Å². The predicted molar refractivity (Wildman–Crippen MR) is 105 cm³/mol. The number of carbonyl (C=O) groups excluding carboxylic acids is 1. The van der Waals surface area contributed by atoms with Crippen molar-refractivity contribution < 1.29 is 28.2 Å². The topological polar surface area (TPSA) is 75.6 Å². The van der Waals surface area contributed by atoms with Crippen molar-refractivity contribution in [1.82, 2.24) is 5.32 Å². The van der Waals surface area contributed by atoms with Gasteiger partial charge in [-0.05, 0) is 39.9 Å². The molecular weight excluding hydrogens is 392 g/mol. The molecule has 3 aromatic carbocycles. The smallest absolute Gasteiger partial charge is 0.408 e. The number of carboxylic acid groups (broad SMARTS) is 1. The number of benzene rings is 3. The molecule has 0 radical (unpaired) electrons. The zero-order valence-corrected chi connectivity index (χ0v) is 15.6. The molecule has 1 aliphatic rings. The SMILES string of the molecule is O=C(N[C@@H](C(=O)O)c1cc(F)cc(F)c1)OCC1c2ccccc2-c2ccccc21. The second kappa shape index (κ2) is 7.94. The molecule has 3 aromatic rings. The number of nitrogens with one attached hydrogen (secondary N) is 1. The average molecular weight is 409 g/mol. The third-order valence-electron chi connectivity index (χ3n) is 5.07. The molecule has 0 aliphatic heterocycles. The molecule has 7 heteroatoms. The Kier molecular flexibility index (Phi) is 5.18. The van der Waals surface area contributed by atoms with Gasteiger partial charge in [0.2, 0.25) is 0 Å². The van der Waals surface area contributed by atoms with Crippen molar-refractivity contribution >= 4 is 12.1 Å². The minimum Gasteiger partial charge on any atom is -0.479 e. The maximum Gasteiger partial charge on any atom is 0.408 e. The van der Waals surface area contributed by atoms with E-state index < -0.39 is 29.7 Å². The lowest BCUT2D eigenvalue weighted by Gasteiger charge is -2.18. The van der Waals surface area contributed by atoms with Crippen molar-refractivity contribution in [2.45, 2.75) is 12.0 Å². The number of amides is 1. The van der Waals surface area contributed by atoms with E-state index in [4.69, 9.17) is 4.74 Å². The van der Waals surface area contributed by atoms with E-state index in [0.29, 0.717) is 6.07 Å². The first kappa shape index (κ1) is 19.6. The van der Waals surface area contributed by atoms with Crippen LogP contribution in [0, 0.1) is 11.6 Å². The Morgan fingerprint density at radius 3 is 2.00 bits per heavy atom. The molecule has 0 saturated heterocycles. The highest BCUT2D eigenvalue weighted by atomic mass is 19.1. The number of hydrogen-bond acceptors (Lipinski definition) is 3. The summed E-state index contributed by atoms with van der Waals surface area (Å²) < 4.78 is 32.2. The molecule has 0 saturated carbocycles. The summed E-state index contributed by atoms with van der Waals surface area (Å²) in [6, 6.07) is 16.2. The fourth-order valence-electron chi connectivity index (χ4n) is 3.79. The number of alkyl carbamates (subject to hydrolysis) is 1. The summed E-state index contributed by atoms with van der Waals surface area (Å²) in [5.74, 6) is -3.54. The van der Waals surface area contributed by atoms with E-state index in [2.05, 4.69) is 5.32 Å². The first-order valence-corrected chi connectivity index (χ1v) is 9.24. The van der Waals surface area contributed by atoms with Crippen molar-refractivity contribution in [3.63, 3.8) is 0 Å². The van der Waals surface area contributed by atoms with Crippen LogP contribution in [0.15, 0.2) is 66.7 Å². The van der Waals surface area contributed by atoms with Crippen LogP contribution in [0.1, 0.15) is 28.7 Å². The van der Waals surface area contributed by atoms with Gasteiger partial charge in [-0.25, -0.2) is 18.4 Å². The number of carboxylic acids is 1. The standard InChI is InChI=1S/C23H17F2NO4/c24-14-9-13(10-15(25)11-14)21(22(27)28)26-23(29)30-12-20-18-7-3-1-5-16(18)17-6-2-4-8-19(17)20/h1-11,20-21H,12H2,(H,26,29)(H,27,28)/t21-/m1/s1. The van der Waals surface area contributed by atoms with Gasteiger partial charge in [-0.2, -0.15) is 0 Å². The van der Waals surface area contributed by atoms with E-state index in [1.54, 1.807) is 0 Å². The van der Waals surface area contributed by atoms with Crippen molar-refractivity contribution in [2.75, 3.05) is 6.61 Å². The average Bonchev–Trinajstić information content (AvgIpc) is 3.03. The van der Waals surface area contributed by atoms with Gasteiger partial charge in [0.15, 0.2) is 6.04 Å². The Balaban J connectivity index is 1.50. The van der Waals surface area contributed by atoms with Crippen molar-refractivity contribution in [3.05, 3.63) is 95.1 Å². The Morgan fingerprint density at radius 2 is 1.47 bits per heavy atom. The fraction of sp³-hybridized carbons (Fsp3) is 0.130. The molecule has 1 aliphatic carbocycles. The van der Waals surface area contributed by atoms with Gasteiger partial charge in [0.05, 0.1) is 0 Å². The van der Waals surface area contributed by atoms with Crippen LogP contribution in [0.3, 0.4) is 0 Å². The largest absolute Gasteiger partial charge is 0.479 e. The molecular formula is C23H17F2NO4. The molecule has 4 rings (SSSR count). The molecule has 0 bridgehead atoms. The number of aliphatic carboxylic acids is 1. The molecule has 5 nitrogen and oxygen atoms in total. The van der Waals surface area contributed by atoms with E-state index in [0.717, 1.165) is 34.4 Å². The molecule has 152 valence electrons. The molecule has 0 aromatic heterocycles. The Labute approximate surface area is 170 Å². The number of ether oxygens (including phenoxy) is 1. The first-order valence-electron chi connectivity index (χ1n) is 9.24. The highest BCUT2D eigenvalue weighted by molar-refractivity contribution is 5.82. The fourth-order valence-corrected chi connectivity index (χ4v) is 3.79. The van der Waals surface area contributed by atoms with Gasteiger partial charge >= 0.3 is 12.1 Å². The van der Waals surface area contributed by atoms with Gasteiger partial charge in [0.25, 0.3) is 0 Å². The van der Waals surface area contributed by atoms with Gasteiger partial charge in [-0.1, -0.05) is 48.5 Å². The molecule has 1 atom stereocenters. The highest BCUT2D eigenvalue weighted by Crippen LogP contribution is 2.44. The van der Waals surface area contributed by atoms with Crippen LogP contribution in [0.2, 0.25) is 0 Å². The molecule has 30 heavy (non-hydrogen) atoms. The third-order valence-corrected chi connectivity index (χ3v) is 5.07. The number of hydrogen-bond donors (Lipinski definition) is 2. The van der Waals surface area contributed by atoms with E-state index in [9.17, 15) is 23.5 Å². The second-order valence-electron chi connectivity index (χ2n) is 6.94. The summed E-state index contributed by atoms with van der Waals surface area (Å²) >= 11 is 0. The molecule has 0 heterocycles. The number of carbonyl (C=O) groups is 2. The van der Waals surface area contributed by atoms with Crippen molar-refractivity contribution in [2.24, 2.45) is 0 Å². The van der Waals surface area contributed by atoms with Crippen LogP contribution < -0.4 is 5.32 Å². The Bertz CT molecular complexity index is 1070. The maximum absolute atomic E-state index is 13.4. The van der Waals surface area contributed by atoms with Crippen LogP contribution in [-0.4, -0.2) is 23.8 Å². The molecule has 1 amide bonds. The molecule has 0 spiro atoms. The molecule has 0 unspecified atom stereocenters. The Hall–Kier alpha value is -3.74. The van der Waals surface area contributed by atoms with E-state index in [1.165, 1.54) is 0 Å². The van der Waals surface area contributed by atoms with Crippen LogP contribution in [0.25, 0.3) is 11.1 Å². The van der Waals surface area contributed by atoms with Crippen LogP contribution in [0.5, 0.6) is 0 Å². The minimum absolute atomic E-state index is 0.0102.